The van der Waals surface area contributed by atoms with Crippen LogP contribution in [0.15, 0.2) is 45.8 Å². The largest absolute Gasteiger partial charge is 0.497 e. The Hall–Kier alpha value is -2.24. The zero-order valence-corrected chi connectivity index (χ0v) is 12.9. The summed E-state index contributed by atoms with van der Waals surface area (Å²) in [6, 6.07) is 8.12. The van der Waals surface area contributed by atoms with Crippen molar-refractivity contribution in [2.45, 2.75) is 0 Å². The van der Waals surface area contributed by atoms with Crippen LogP contribution in [0.3, 0.4) is 0 Å². The second kappa shape index (κ2) is 5.87. The van der Waals surface area contributed by atoms with Crippen LogP contribution < -0.4 is 15.5 Å². The average molecular weight is 337 g/mol. The summed E-state index contributed by atoms with van der Waals surface area (Å²) >= 11 is 11.7. The van der Waals surface area contributed by atoms with Crippen molar-refractivity contribution in [1.82, 2.24) is 4.98 Å². The van der Waals surface area contributed by atoms with Crippen molar-refractivity contribution >= 4 is 45.5 Å². The molecule has 0 unspecified atom stereocenters. The fraction of sp³-hybridized carbons (Fsp3) is 0.0667. The van der Waals surface area contributed by atoms with Gasteiger partial charge in [0.1, 0.15) is 33.6 Å². The lowest BCUT2D eigenvalue weighted by atomic mass is 10.2. The minimum Gasteiger partial charge on any atom is -0.497 e. The van der Waals surface area contributed by atoms with Gasteiger partial charge in [-0.1, -0.05) is 23.2 Å². The van der Waals surface area contributed by atoms with Crippen molar-refractivity contribution in [3.05, 3.63) is 57.1 Å². The maximum Gasteiger partial charge on any atom is 0.216 e. The summed E-state index contributed by atoms with van der Waals surface area (Å²) in [5.74, 6) is 0.615. The van der Waals surface area contributed by atoms with Crippen LogP contribution >= 0.6 is 23.2 Å². The predicted molar refractivity (Wildman–Crippen MR) is 86.6 cm³/mol. The quantitative estimate of drug-likeness (QED) is 0.724. The summed E-state index contributed by atoms with van der Waals surface area (Å²) in [6.45, 7) is 0. The van der Waals surface area contributed by atoms with E-state index < -0.39 is 0 Å². The number of anilines is 2. The molecule has 3 aromatic rings. The molecule has 0 aliphatic rings. The molecule has 0 atom stereocenters. The van der Waals surface area contributed by atoms with E-state index in [0.29, 0.717) is 22.4 Å². The Morgan fingerprint density at radius 3 is 2.59 bits per heavy atom. The number of rotatable bonds is 3. The molecule has 0 saturated carbocycles. The Labute approximate surface area is 135 Å². The highest BCUT2D eigenvalue weighted by molar-refractivity contribution is 6.32. The summed E-state index contributed by atoms with van der Waals surface area (Å²) in [7, 11) is 1.55. The van der Waals surface area contributed by atoms with Crippen LogP contribution in [-0.2, 0) is 0 Å². The molecular formula is C15H10Cl2N2O3. The van der Waals surface area contributed by atoms with Gasteiger partial charge in [0, 0.05) is 11.8 Å². The van der Waals surface area contributed by atoms with Crippen molar-refractivity contribution in [2.75, 3.05) is 12.4 Å². The smallest absolute Gasteiger partial charge is 0.216 e. The third-order valence-corrected chi connectivity index (χ3v) is 3.41. The molecule has 0 spiro atoms. The van der Waals surface area contributed by atoms with Gasteiger partial charge in [-0.2, -0.15) is 0 Å². The number of nitrogens with zero attached hydrogens (tertiary/aromatic N) is 1. The molecule has 3 rings (SSSR count). The van der Waals surface area contributed by atoms with E-state index in [2.05, 4.69) is 10.3 Å². The monoisotopic (exact) mass is 336 g/mol. The molecule has 0 radical (unpaired) electrons. The van der Waals surface area contributed by atoms with Crippen LogP contribution in [0.1, 0.15) is 0 Å². The molecule has 5 nitrogen and oxygen atoms in total. The lowest BCUT2D eigenvalue weighted by Gasteiger charge is -2.07. The molecular weight excluding hydrogens is 327 g/mol. The Bertz CT molecular complexity index is 889. The van der Waals surface area contributed by atoms with Gasteiger partial charge in [0.25, 0.3) is 0 Å². The van der Waals surface area contributed by atoms with Gasteiger partial charge >= 0.3 is 0 Å². The van der Waals surface area contributed by atoms with E-state index in [1.165, 1.54) is 6.26 Å². The normalized spacial score (nSPS) is 10.7. The van der Waals surface area contributed by atoms with E-state index in [0.717, 1.165) is 0 Å². The van der Waals surface area contributed by atoms with Crippen LogP contribution in [0.2, 0.25) is 10.3 Å². The molecule has 0 bridgehead atoms. The maximum absolute atomic E-state index is 12.5. The fourth-order valence-corrected chi connectivity index (χ4v) is 2.47. The lowest BCUT2D eigenvalue weighted by Crippen LogP contribution is -2.08. The van der Waals surface area contributed by atoms with Crippen LogP contribution in [-0.4, -0.2) is 12.1 Å². The van der Waals surface area contributed by atoms with Crippen molar-refractivity contribution in [3.63, 3.8) is 0 Å². The molecule has 22 heavy (non-hydrogen) atoms. The number of halogens is 2. The number of nitrogens with one attached hydrogen (secondary N) is 1. The third kappa shape index (κ3) is 2.86. The summed E-state index contributed by atoms with van der Waals surface area (Å²) in [4.78, 5) is 16.3. The molecule has 0 aliphatic heterocycles. The molecule has 0 saturated heterocycles. The molecule has 2 aromatic heterocycles. The van der Waals surface area contributed by atoms with E-state index in [9.17, 15) is 4.79 Å². The topological polar surface area (TPSA) is 64.4 Å². The van der Waals surface area contributed by atoms with Crippen LogP contribution in [0.5, 0.6) is 5.75 Å². The van der Waals surface area contributed by atoms with Crippen LogP contribution in [0, 0.1) is 0 Å². The van der Waals surface area contributed by atoms with Gasteiger partial charge in [0.15, 0.2) is 0 Å². The molecule has 0 aliphatic carbocycles. The average Bonchev–Trinajstić information content (AvgIpc) is 2.49. The number of hydrogen-bond acceptors (Lipinski definition) is 5. The third-order valence-electron chi connectivity index (χ3n) is 3.02. The van der Waals surface area contributed by atoms with Gasteiger partial charge in [0.2, 0.25) is 5.43 Å². The first-order valence-electron chi connectivity index (χ1n) is 6.26. The van der Waals surface area contributed by atoms with Gasteiger partial charge in [-0.05, 0) is 24.3 Å². The summed E-state index contributed by atoms with van der Waals surface area (Å²) < 4.78 is 10.6. The van der Waals surface area contributed by atoms with E-state index in [-0.39, 0.29) is 21.4 Å². The molecule has 112 valence electrons. The first kappa shape index (κ1) is 14.7. The van der Waals surface area contributed by atoms with Crippen molar-refractivity contribution in [3.8, 4) is 5.75 Å². The Morgan fingerprint density at radius 2 is 1.91 bits per heavy atom. The number of ether oxygens (including phenoxy) is 1. The first-order chi connectivity index (χ1) is 10.6. The SMILES string of the molecule is COc1ccc2c(=O)c(Nc3cc(Cl)nc(Cl)c3)coc2c1. The standard InChI is InChI=1S/C15H10Cl2N2O3/c1-21-9-2-3-10-12(6-9)22-7-11(15(10)20)18-8-4-13(16)19-14(17)5-8/h2-7H,1H3,(H,18,19). The Morgan fingerprint density at radius 1 is 1.18 bits per heavy atom. The Balaban J connectivity index is 2.04. The van der Waals surface area contributed by atoms with Gasteiger partial charge in [-0.3, -0.25) is 4.79 Å². The summed E-state index contributed by atoms with van der Waals surface area (Å²) in [6.07, 6.45) is 1.34. The molecule has 0 amide bonds. The van der Waals surface area contributed by atoms with E-state index in [1.54, 1.807) is 37.4 Å². The van der Waals surface area contributed by atoms with Crippen molar-refractivity contribution in [2.24, 2.45) is 0 Å². The van der Waals surface area contributed by atoms with E-state index >= 15 is 0 Å². The molecule has 0 fully saturated rings. The number of methoxy groups -OCH3 is 1. The number of benzene rings is 1. The van der Waals surface area contributed by atoms with E-state index in [4.69, 9.17) is 32.4 Å². The zero-order chi connectivity index (χ0) is 15.7. The highest BCUT2D eigenvalue weighted by Crippen LogP contribution is 2.24. The first-order valence-corrected chi connectivity index (χ1v) is 7.02. The Kier molecular flexibility index (Phi) is 3.92. The number of fused-ring (bicyclic) bond motifs is 1. The highest BCUT2D eigenvalue weighted by Gasteiger charge is 2.09. The summed E-state index contributed by atoms with van der Waals surface area (Å²) in [5, 5.41) is 3.82. The minimum absolute atomic E-state index is 0.201. The second-order valence-corrected chi connectivity index (χ2v) is 5.24. The second-order valence-electron chi connectivity index (χ2n) is 4.47. The lowest BCUT2D eigenvalue weighted by molar-refractivity contribution is 0.414. The summed E-state index contributed by atoms with van der Waals surface area (Å²) in [5.41, 5.74) is 1.06. The van der Waals surface area contributed by atoms with E-state index in [1.807, 2.05) is 0 Å². The minimum atomic E-state index is -0.201. The van der Waals surface area contributed by atoms with Crippen LogP contribution in [0.4, 0.5) is 11.4 Å². The predicted octanol–water partition coefficient (Wildman–Crippen LogP) is 4.25. The van der Waals surface area contributed by atoms with Gasteiger partial charge in [0.05, 0.1) is 12.5 Å². The zero-order valence-electron chi connectivity index (χ0n) is 11.4. The number of pyridine rings is 1. The molecule has 2 heterocycles. The maximum atomic E-state index is 12.5. The van der Waals surface area contributed by atoms with Gasteiger partial charge < -0.3 is 14.5 Å². The van der Waals surface area contributed by atoms with Crippen molar-refractivity contribution in [1.29, 1.82) is 0 Å². The van der Waals surface area contributed by atoms with Gasteiger partial charge in [-0.15, -0.1) is 0 Å². The number of hydrogen-bond donors (Lipinski definition) is 1. The molecule has 7 heteroatoms. The number of aromatic nitrogens is 1. The highest BCUT2D eigenvalue weighted by atomic mass is 35.5. The van der Waals surface area contributed by atoms with Crippen LogP contribution in [0.25, 0.3) is 11.0 Å². The molecule has 1 N–H and O–H groups in total. The van der Waals surface area contributed by atoms with Gasteiger partial charge in [-0.25, -0.2) is 4.98 Å². The fourth-order valence-electron chi connectivity index (χ4n) is 2.01. The van der Waals surface area contributed by atoms with Crippen molar-refractivity contribution < 1.29 is 9.15 Å². The molecule has 1 aromatic carbocycles.